The average molecular weight is 506 g/mol. The predicted molar refractivity (Wildman–Crippen MR) is 140 cm³/mol. The van der Waals surface area contributed by atoms with Crippen LogP contribution in [0.1, 0.15) is 35.9 Å². The summed E-state index contributed by atoms with van der Waals surface area (Å²) < 4.78 is 9.70. The molecule has 0 saturated heterocycles. The summed E-state index contributed by atoms with van der Waals surface area (Å²) in [6.07, 6.45) is 5.75. The quantitative estimate of drug-likeness (QED) is 0.289. The summed E-state index contributed by atoms with van der Waals surface area (Å²) in [5.41, 5.74) is 10.7. The van der Waals surface area contributed by atoms with E-state index in [1.807, 2.05) is 41.1 Å². The number of hydrogen-bond donors (Lipinski definition) is 2. The van der Waals surface area contributed by atoms with Crippen molar-refractivity contribution in [2.24, 2.45) is 14.1 Å². The zero-order valence-electron chi connectivity index (χ0n) is 20.9. The van der Waals surface area contributed by atoms with Crippen molar-refractivity contribution in [1.82, 2.24) is 34.5 Å². The van der Waals surface area contributed by atoms with Crippen LogP contribution in [0.25, 0.3) is 11.4 Å². The Morgan fingerprint density at radius 2 is 1.92 bits per heavy atom. The molecule has 36 heavy (non-hydrogen) atoms. The number of nitrogens with zero attached hydrogens (tertiary/aromatic N) is 7. The lowest BCUT2D eigenvalue weighted by Gasteiger charge is -2.17. The molecule has 0 amide bonds. The minimum absolute atomic E-state index is 0.128. The molecule has 1 atom stereocenters. The first-order valence-corrected chi connectivity index (χ1v) is 11.8. The number of nitrogen functional groups attached to an aromatic ring is 1. The number of aromatic nitrogens is 7. The number of pyridine rings is 1. The minimum Gasteiger partial charge on any atom is -0.474 e. The van der Waals surface area contributed by atoms with Crippen molar-refractivity contribution in [1.29, 1.82) is 0 Å². The highest BCUT2D eigenvalue weighted by Gasteiger charge is 2.21. The number of hydrogen-bond acceptors (Lipinski definition) is 8. The van der Waals surface area contributed by atoms with Crippen molar-refractivity contribution in [2.45, 2.75) is 33.3 Å². The molecule has 0 unspecified atom stereocenters. The second kappa shape index (κ2) is 10.7. The van der Waals surface area contributed by atoms with Crippen LogP contribution in [-0.2, 0) is 14.1 Å². The fraction of sp³-hybridized carbons (Fsp3) is 0.320. The number of rotatable bonds is 7. The first-order valence-electron chi connectivity index (χ1n) is 11.4. The molecular weight excluding hydrogens is 478 g/mol. The van der Waals surface area contributed by atoms with Gasteiger partial charge < -0.3 is 15.8 Å². The van der Waals surface area contributed by atoms with Gasteiger partial charge in [-0.3, -0.25) is 4.68 Å². The van der Waals surface area contributed by atoms with Gasteiger partial charge in [-0.05, 0) is 32.9 Å². The Labute approximate surface area is 214 Å². The van der Waals surface area contributed by atoms with E-state index >= 15 is 0 Å². The highest BCUT2D eigenvalue weighted by atomic mass is 35.5. The fourth-order valence-electron chi connectivity index (χ4n) is 3.72. The maximum atomic E-state index is 6.27. The van der Waals surface area contributed by atoms with Gasteiger partial charge in [0, 0.05) is 45.7 Å². The lowest BCUT2D eigenvalue weighted by molar-refractivity contribution is 0.198. The molecule has 0 aliphatic heterocycles. The van der Waals surface area contributed by atoms with Gasteiger partial charge in [0.05, 0.1) is 34.3 Å². The van der Waals surface area contributed by atoms with E-state index in [9.17, 15) is 0 Å². The van der Waals surface area contributed by atoms with E-state index < -0.39 is 0 Å². The molecule has 0 bridgehead atoms. The number of nitrogens with two attached hydrogens (primary N) is 1. The van der Waals surface area contributed by atoms with Crippen molar-refractivity contribution < 1.29 is 4.74 Å². The van der Waals surface area contributed by atoms with Crippen LogP contribution < -0.4 is 15.8 Å². The number of nitrogens with one attached hydrogen (secondary N) is 1. The van der Waals surface area contributed by atoms with E-state index in [1.54, 1.807) is 33.9 Å². The first kappa shape index (κ1) is 25.0. The third kappa shape index (κ3) is 5.75. The molecule has 0 aliphatic rings. The highest BCUT2D eigenvalue weighted by Crippen LogP contribution is 2.31. The zero-order chi connectivity index (χ0) is 25.8. The fourth-order valence-corrected chi connectivity index (χ4v) is 3.87. The Balaban J connectivity index is 1.45. The average Bonchev–Trinajstić information content (AvgIpc) is 3.29. The van der Waals surface area contributed by atoms with Crippen LogP contribution in [0.5, 0.6) is 5.88 Å². The summed E-state index contributed by atoms with van der Waals surface area (Å²) in [7, 11) is 3.70. The predicted octanol–water partition coefficient (Wildman–Crippen LogP) is 3.53. The van der Waals surface area contributed by atoms with Crippen LogP contribution >= 0.6 is 11.6 Å². The lowest BCUT2D eigenvalue weighted by Crippen LogP contribution is -2.19. The molecule has 0 fully saturated rings. The summed E-state index contributed by atoms with van der Waals surface area (Å²) in [6, 6.07) is 3.42. The molecule has 0 aliphatic carbocycles. The Kier molecular flexibility index (Phi) is 7.41. The molecule has 4 aromatic rings. The van der Waals surface area contributed by atoms with Crippen LogP contribution in [0.2, 0.25) is 5.15 Å². The minimum atomic E-state index is -0.128. The summed E-state index contributed by atoms with van der Waals surface area (Å²) in [4.78, 5) is 12.9. The monoisotopic (exact) mass is 505 g/mol. The van der Waals surface area contributed by atoms with E-state index in [1.165, 1.54) is 0 Å². The molecular formula is C25H28ClN9O. The molecule has 4 rings (SSSR count). The van der Waals surface area contributed by atoms with Gasteiger partial charge in [0.1, 0.15) is 16.5 Å². The van der Waals surface area contributed by atoms with E-state index in [4.69, 9.17) is 22.1 Å². The van der Waals surface area contributed by atoms with Gasteiger partial charge in [-0.15, -0.1) is 0 Å². The zero-order valence-corrected chi connectivity index (χ0v) is 21.6. The van der Waals surface area contributed by atoms with Gasteiger partial charge in [0.15, 0.2) is 5.82 Å². The second-order valence-corrected chi connectivity index (χ2v) is 8.83. The van der Waals surface area contributed by atoms with Crippen molar-refractivity contribution in [2.75, 3.05) is 17.6 Å². The SMILES string of the molecule is Cc1nn(C)cc1C#Cc1cnc(Cl)cc1NCC[C@H](C)Oc1c(-c2nccc(N)n2)c(C)nn1C. The summed E-state index contributed by atoms with van der Waals surface area (Å²) in [5, 5.41) is 12.6. The Morgan fingerprint density at radius 3 is 2.64 bits per heavy atom. The van der Waals surface area contributed by atoms with Crippen molar-refractivity contribution in [3.05, 3.63) is 58.4 Å². The third-order valence-corrected chi connectivity index (χ3v) is 5.67. The molecule has 11 heteroatoms. The topological polar surface area (TPSA) is 122 Å². The summed E-state index contributed by atoms with van der Waals surface area (Å²) >= 11 is 6.15. The van der Waals surface area contributed by atoms with Crippen LogP contribution in [0.4, 0.5) is 11.5 Å². The van der Waals surface area contributed by atoms with Crippen LogP contribution in [0, 0.1) is 25.7 Å². The van der Waals surface area contributed by atoms with Crippen LogP contribution in [0.15, 0.2) is 30.7 Å². The molecule has 3 N–H and O–H groups in total. The molecule has 4 aromatic heterocycles. The normalized spacial score (nSPS) is 11.6. The van der Waals surface area contributed by atoms with Gasteiger partial charge in [-0.1, -0.05) is 23.4 Å². The standard InChI is InChI=1S/C25H28ClN9O/c1-15(36-25-23(17(3)33-35(25)5)24-29-11-9-22(27)31-24)8-10-28-20-12-21(26)30-13-18(20)6-7-19-14-34(4)32-16(19)2/h9,11-15H,8,10H2,1-5H3,(H,28,30)(H2,27,29,31)/t15-/m0/s1. The molecule has 4 heterocycles. The molecule has 0 saturated carbocycles. The number of aryl methyl sites for hydroxylation is 4. The maximum Gasteiger partial charge on any atom is 0.223 e. The number of anilines is 2. The Hall–Kier alpha value is -4.10. The number of halogens is 1. The molecule has 0 radical (unpaired) electrons. The van der Waals surface area contributed by atoms with Gasteiger partial charge >= 0.3 is 0 Å². The van der Waals surface area contributed by atoms with E-state index in [0.29, 0.717) is 35.6 Å². The van der Waals surface area contributed by atoms with Crippen LogP contribution in [-0.4, -0.2) is 47.2 Å². The third-order valence-electron chi connectivity index (χ3n) is 5.47. The lowest BCUT2D eigenvalue weighted by atomic mass is 10.2. The van der Waals surface area contributed by atoms with Crippen LogP contribution in [0.3, 0.4) is 0 Å². The molecule has 0 aromatic carbocycles. The largest absolute Gasteiger partial charge is 0.474 e. The van der Waals surface area contributed by atoms with Crippen molar-refractivity contribution in [3.8, 4) is 29.1 Å². The number of ether oxygens (including phenoxy) is 1. The molecule has 10 nitrogen and oxygen atoms in total. The summed E-state index contributed by atoms with van der Waals surface area (Å²) in [6.45, 7) is 6.45. The molecule has 186 valence electrons. The summed E-state index contributed by atoms with van der Waals surface area (Å²) in [5.74, 6) is 7.81. The van der Waals surface area contributed by atoms with Crippen molar-refractivity contribution >= 4 is 23.1 Å². The molecule has 0 spiro atoms. The second-order valence-electron chi connectivity index (χ2n) is 8.44. The van der Waals surface area contributed by atoms with Gasteiger partial charge in [-0.2, -0.15) is 10.2 Å². The highest BCUT2D eigenvalue weighted by molar-refractivity contribution is 6.29. The smallest absolute Gasteiger partial charge is 0.223 e. The van der Waals surface area contributed by atoms with E-state index in [2.05, 4.69) is 42.3 Å². The van der Waals surface area contributed by atoms with Crippen molar-refractivity contribution in [3.63, 3.8) is 0 Å². The van der Waals surface area contributed by atoms with Gasteiger partial charge in [0.2, 0.25) is 5.88 Å². The van der Waals surface area contributed by atoms with E-state index in [0.717, 1.165) is 33.8 Å². The van der Waals surface area contributed by atoms with Gasteiger partial charge in [-0.25, -0.2) is 19.6 Å². The Morgan fingerprint density at radius 1 is 1.14 bits per heavy atom. The first-order chi connectivity index (χ1) is 17.2. The van der Waals surface area contributed by atoms with Gasteiger partial charge in [0.25, 0.3) is 0 Å². The van der Waals surface area contributed by atoms with E-state index in [-0.39, 0.29) is 6.10 Å². The maximum absolute atomic E-state index is 6.27. The Bertz CT molecular complexity index is 1450.